The Morgan fingerprint density at radius 2 is 1.68 bits per heavy atom. The van der Waals surface area contributed by atoms with E-state index in [2.05, 4.69) is 30.8 Å². The predicted octanol–water partition coefficient (Wildman–Crippen LogP) is 6.26. The minimum absolute atomic E-state index is 0.147. The second kappa shape index (κ2) is 13.7. The largest absolute Gasteiger partial charge is 0.492 e. The lowest BCUT2D eigenvalue weighted by Gasteiger charge is -2.18. The van der Waals surface area contributed by atoms with Crippen LogP contribution in [0.2, 0.25) is 0 Å². The molecule has 1 unspecified atom stereocenters. The van der Waals surface area contributed by atoms with Gasteiger partial charge in [-0.05, 0) is 81.2 Å². The number of alkyl halides is 3. The molecule has 0 saturated carbocycles. The van der Waals surface area contributed by atoms with Gasteiger partial charge in [0.1, 0.15) is 12.4 Å². The Balaban J connectivity index is 1.14. The van der Waals surface area contributed by atoms with Crippen molar-refractivity contribution in [1.29, 1.82) is 0 Å². The molecule has 1 atom stereocenters. The number of nitrogens with zero attached hydrogens (tertiary/aromatic N) is 3. The number of carbonyl (C=O) groups excluding carboxylic acids is 2. The van der Waals surface area contributed by atoms with E-state index in [9.17, 15) is 22.8 Å². The summed E-state index contributed by atoms with van der Waals surface area (Å²) in [5.41, 5.74) is 1.49. The Morgan fingerprint density at radius 3 is 2.39 bits per heavy atom. The van der Waals surface area contributed by atoms with E-state index >= 15 is 0 Å². The van der Waals surface area contributed by atoms with Crippen molar-refractivity contribution in [3.8, 4) is 5.75 Å². The van der Waals surface area contributed by atoms with E-state index in [0.717, 1.165) is 43.2 Å². The maximum absolute atomic E-state index is 13.1. The molecule has 1 aliphatic carbocycles. The first-order valence-electron chi connectivity index (χ1n) is 14.4. The van der Waals surface area contributed by atoms with Crippen LogP contribution < -0.4 is 20.7 Å². The summed E-state index contributed by atoms with van der Waals surface area (Å²) in [6, 6.07) is 12.2. The maximum atomic E-state index is 13.1. The van der Waals surface area contributed by atoms with Crippen LogP contribution in [-0.2, 0) is 4.79 Å². The van der Waals surface area contributed by atoms with Crippen molar-refractivity contribution in [3.63, 3.8) is 0 Å². The summed E-state index contributed by atoms with van der Waals surface area (Å²) < 4.78 is 45.0. The van der Waals surface area contributed by atoms with Gasteiger partial charge in [0, 0.05) is 23.5 Å². The molecule has 0 radical (unpaired) electrons. The molecule has 1 aromatic heterocycles. The number of benzene rings is 2. The standard InChI is InChI=1S/C32H33F3N6O3/c1-21-7-8-25(38-29(42)22-5-4-6-23(17-22)32(33,34)35)18-28(21)30(43)39-26-19-36-31(37-20-26)40-24-9-11-27(12-10-24)44-16-15-41-13-2-3-14-41/h4,6-12,17-20,22H,2-3,5,13-16H2,1H3,(H,38,42)(H,39,43)(H,36,37,40). The molecule has 1 aliphatic heterocycles. The topological polar surface area (TPSA) is 108 Å². The molecule has 2 amide bonds. The number of aryl methyl sites for hydroxylation is 1. The highest BCUT2D eigenvalue weighted by molar-refractivity contribution is 6.06. The number of allylic oxidation sites excluding steroid dienone is 3. The van der Waals surface area contributed by atoms with Crippen LogP contribution in [0.1, 0.15) is 35.2 Å². The molecule has 44 heavy (non-hydrogen) atoms. The van der Waals surface area contributed by atoms with Gasteiger partial charge in [-0.15, -0.1) is 0 Å². The molecule has 9 nitrogen and oxygen atoms in total. The summed E-state index contributed by atoms with van der Waals surface area (Å²) in [4.78, 5) is 36.6. The van der Waals surface area contributed by atoms with Crippen LogP contribution in [0.4, 0.5) is 36.2 Å². The van der Waals surface area contributed by atoms with Crippen molar-refractivity contribution in [2.24, 2.45) is 5.92 Å². The van der Waals surface area contributed by atoms with Gasteiger partial charge in [0.05, 0.1) is 29.6 Å². The highest BCUT2D eigenvalue weighted by atomic mass is 19.4. The number of anilines is 4. The highest BCUT2D eigenvalue weighted by Crippen LogP contribution is 2.32. The molecule has 5 rings (SSSR count). The van der Waals surface area contributed by atoms with Gasteiger partial charge < -0.3 is 20.7 Å². The van der Waals surface area contributed by atoms with E-state index < -0.39 is 29.5 Å². The smallest absolute Gasteiger partial charge is 0.416 e. The molecule has 2 aromatic carbocycles. The summed E-state index contributed by atoms with van der Waals surface area (Å²) in [5.74, 6) is -0.904. The van der Waals surface area contributed by atoms with E-state index in [1.165, 1.54) is 37.4 Å². The molecule has 1 fully saturated rings. The van der Waals surface area contributed by atoms with Crippen LogP contribution in [0.5, 0.6) is 5.75 Å². The van der Waals surface area contributed by atoms with Crippen molar-refractivity contribution < 1.29 is 27.5 Å². The first-order valence-corrected chi connectivity index (χ1v) is 14.4. The second-order valence-electron chi connectivity index (χ2n) is 10.7. The van der Waals surface area contributed by atoms with E-state index in [4.69, 9.17) is 4.74 Å². The molecule has 2 aliphatic rings. The molecule has 2 heterocycles. The second-order valence-corrected chi connectivity index (χ2v) is 10.7. The fraction of sp³-hybridized carbons (Fsp3) is 0.312. The number of likely N-dealkylation sites (tertiary alicyclic amines) is 1. The maximum Gasteiger partial charge on any atom is 0.416 e. The molecule has 3 aromatic rings. The Morgan fingerprint density at radius 1 is 0.977 bits per heavy atom. The number of hydrogen-bond acceptors (Lipinski definition) is 7. The van der Waals surface area contributed by atoms with Gasteiger partial charge in [-0.1, -0.05) is 24.3 Å². The molecule has 0 spiro atoms. The lowest BCUT2D eigenvalue weighted by molar-refractivity contribution is -0.118. The summed E-state index contributed by atoms with van der Waals surface area (Å²) in [6.45, 7) is 5.57. The number of carbonyl (C=O) groups is 2. The van der Waals surface area contributed by atoms with Crippen molar-refractivity contribution in [2.45, 2.75) is 32.4 Å². The minimum atomic E-state index is -4.53. The van der Waals surface area contributed by atoms with E-state index in [0.29, 0.717) is 29.5 Å². The Labute approximate surface area is 253 Å². The zero-order chi connectivity index (χ0) is 31.1. The van der Waals surface area contributed by atoms with Crippen LogP contribution >= 0.6 is 0 Å². The average molecular weight is 607 g/mol. The fourth-order valence-corrected chi connectivity index (χ4v) is 4.95. The number of aromatic nitrogens is 2. The third-order valence-corrected chi connectivity index (χ3v) is 7.38. The van der Waals surface area contributed by atoms with Crippen LogP contribution in [0, 0.1) is 12.8 Å². The van der Waals surface area contributed by atoms with Gasteiger partial charge in [0.15, 0.2) is 0 Å². The van der Waals surface area contributed by atoms with Gasteiger partial charge in [0.2, 0.25) is 11.9 Å². The quantitative estimate of drug-likeness (QED) is 0.250. The lowest BCUT2D eigenvalue weighted by Crippen LogP contribution is -2.25. The highest BCUT2D eigenvalue weighted by Gasteiger charge is 2.34. The van der Waals surface area contributed by atoms with Crippen molar-refractivity contribution >= 4 is 34.8 Å². The minimum Gasteiger partial charge on any atom is -0.492 e. The molecule has 3 N–H and O–H groups in total. The number of nitrogens with one attached hydrogen (secondary N) is 3. The Kier molecular flexibility index (Phi) is 9.59. The zero-order valence-electron chi connectivity index (χ0n) is 24.2. The number of amides is 2. The van der Waals surface area contributed by atoms with Crippen LogP contribution in [-0.4, -0.2) is 59.1 Å². The predicted molar refractivity (Wildman–Crippen MR) is 162 cm³/mol. The summed E-state index contributed by atoms with van der Waals surface area (Å²) >= 11 is 0. The summed E-state index contributed by atoms with van der Waals surface area (Å²) in [7, 11) is 0. The van der Waals surface area contributed by atoms with Gasteiger partial charge in [-0.25, -0.2) is 9.97 Å². The van der Waals surface area contributed by atoms with Gasteiger partial charge in [-0.3, -0.25) is 14.5 Å². The van der Waals surface area contributed by atoms with Gasteiger partial charge >= 0.3 is 6.18 Å². The normalized spacial score (nSPS) is 16.7. The molecule has 230 valence electrons. The van der Waals surface area contributed by atoms with Crippen molar-refractivity contribution in [2.75, 3.05) is 42.2 Å². The fourth-order valence-electron chi connectivity index (χ4n) is 4.95. The van der Waals surface area contributed by atoms with E-state index in [1.807, 2.05) is 24.3 Å². The average Bonchev–Trinajstić information content (AvgIpc) is 3.53. The SMILES string of the molecule is Cc1ccc(NC(=O)C2C=C(C(F)(F)F)C=CC2)cc1C(=O)Nc1cnc(Nc2ccc(OCCN3CCCC3)cc2)nc1. The molecule has 0 bridgehead atoms. The molecule has 1 saturated heterocycles. The van der Waals surface area contributed by atoms with Crippen LogP contribution in [0.15, 0.2) is 78.7 Å². The van der Waals surface area contributed by atoms with Crippen LogP contribution in [0.3, 0.4) is 0 Å². The third-order valence-electron chi connectivity index (χ3n) is 7.38. The zero-order valence-corrected chi connectivity index (χ0v) is 24.2. The third kappa shape index (κ3) is 8.22. The number of halogens is 3. The molecule has 12 heteroatoms. The van der Waals surface area contributed by atoms with Crippen molar-refractivity contribution in [1.82, 2.24) is 14.9 Å². The first-order chi connectivity index (χ1) is 21.1. The Bertz CT molecular complexity index is 1530. The summed E-state index contributed by atoms with van der Waals surface area (Å²) in [5, 5.41) is 8.46. The van der Waals surface area contributed by atoms with Gasteiger partial charge in [0.25, 0.3) is 5.91 Å². The number of hydrogen-bond donors (Lipinski definition) is 3. The summed E-state index contributed by atoms with van der Waals surface area (Å²) in [6.07, 6.45) is 4.25. The van der Waals surface area contributed by atoms with Gasteiger partial charge in [-0.2, -0.15) is 13.2 Å². The van der Waals surface area contributed by atoms with E-state index in [1.54, 1.807) is 19.1 Å². The molecular formula is C32H33F3N6O3. The monoisotopic (exact) mass is 606 g/mol. The first kappa shape index (κ1) is 30.7. The lowest BCUT2D eigenvalue weighted by atomic mass is 9.95. The van der Waals surface area contributed by atoms with E-state index in [-0.39, 0.29) is 12.0 Å². The van der Waals surface area contributed by atoms with Crippen molar-refractivity contribution in [3.05, 3.63) is 89.8 Å². The number of ether oxygens (including phenoxy) is 1. The Hall–Kier alpha value is -4.71. The van der Waals surface area contributed by atoms with Crippen LogP contribution in [0.25, 0.3) is 0 Å². The molecular weight excluding hydrogens is 573 g/mol. The number of rotatable bonds is 10.